The van der Waals surface area contributed by atoms with Crippen molar-refractivity contribution in [1.29, 1.82) is 0 Å². The molecular weight excluding hydrogens is 272 g/mol. The Kier molecular flexibility index (Phi) is 6.64. The predicted octanol–water partition coefficient (Wildman–Crippen LogP) is 6.08. The summed E-state index contributed by atoms with van der Waals surface area (Å²) in [4.78, 5) is 12.6. The van der Waals surface area contributed by atoms with Crippen LogP contribution in [-0.4, -0.2) is 13.9 Å². The van der Waals surface area contributed by atoms with E-state index in [1.54, 1.807) is 0 Å². The van der Waals surface area contributed by atoms with E-state index in [1.807, 2.05) is 6.08 Å². The summed E-state index contributed by atoms with van der Waals surface area (Å²) < 4.78 is 0. The molecule has 0 heterocycles. The topological polar surface area (TPSA) is 17.1 Å². The molecule has 0 saturated carbocycles. The Morgan fingerprint density at radius 2 is 1.67 bits per heavy atom. The largest absolute Gasteiger partial charge is 0.290 e. The number of carbonyl (C=O) groups excluding carboxylic acids is 1. The van der Waals surface area contributed by atoms with Crippen LogP contribution in [0.5, 0.6) is 0 Å². The molecule has 2 heteroatoms. The van der Waals surface area contributed by atoms with Crippen LogP contribution >= 0.6 is 0 Å². The van der Waals surface area contributed by atoms with E-state index < -0.39 is 8.07 Å². The fraction of sp³-hybridized carbons (Fsp3) is 0.737. The highest BCUT2D eigenvalue weighted by Crippen LogP contribution is 2.42. The van der Waals surface area contributed by atoms with Crippen molar-refractivity contribution in [3.8, 4) is 0 Å². The van der Waals surface area contributed by atoms with Gasteiger partial charge in [0.05, 0.1) is 8.07 Å². The molecule has 0 amide bonds. The molecule has 1 aliphatic rings. The van der Waals surface area contributed by atoms with E-state index in [0.29, 0.717) is 22.5 Å². The molecule has 0 bridgehead atoms. The molecule has 0 aliphatic heterocycles. The SMILES string of the molecule is CC1CCCC=C1C(=O)/C=C/[Si](C(C)C)(C(C)C)C(C)C. The van der Waals surface area contributed by atoms with Crippen molar-refractivity contribution < 1.29 is 4.79 Å². The van der Waals surface area contributed by atoms with Gasteiger partial charge in [-0.3, -0.25) is 4.79 Å². The third-order valence-electron chi connectivity index (χ3n) is 5.54. The van der Waals surface area contributed by atoms with Gasteiger partial charge in [-0.1, -0.05) is 60.2 Å². The first-order chi connectivity index (χ1) is 9.73. The number of ketones is 1. The molecule has 0 spiro atoms. The van der Waals surface area contributed by atoms with Gasteiger partial charge in [0, 0.05) is 0 Å². The lowest BCUT2D eigenvalue weighted by Gasteiger charge is -2.40. The van der Waals surface area contributed by atoms with Gasteiger partial charge in [-0.2, -0.15) is 0 Å². The average molecular weight is 307 g/mol. The van der Waals surface area contributed by atoms with Gasteiger partial charge in [-0.25, -0.2) is 0 Å². The minimum Gasteiger partial charge on any atom is -0.290 e. The van der Waals surface area contributed by atoms with Crippen LogP contribution in [0.15, 0.2) is 23.4 Å². The van der Waals surface area contributed by atoms with E-state index >= 15 is 0 Å². The second-order valence-corrected chi connectivity index (χ2v) is 13.5. The Balaban J connectivity index is 3.03. The quantitative estimate of drug-likeness (QED) is 0.429. The molecular formula is C19H34OSi. The Morgan fingerprint density at radius 3 is 2.10 bits per heavy atom. The maximum absolute atomic E-state index is 12.6. The van der Waals surface area contributed by atoms with Crippen LogP contribution in [0.3, 0.4) is 0 Å². The lowest BCUT2D eigenvalue weighted by Crippen LogP contribution is -2.42. The van der Waals surface area contributed by atoms with Gasteiger partial charge in [0.2, 0.25) is 0 Å². The van der Waals surface area contributed by atoms with Crippen LogP contribution in [0, 0.1) is 5.92 Å². The van der Waals surface area contributed by atoms with Crippen molar-refractivity contribution in [1.82, 2.24) is 0 Å². The van der Waals surface area contributed by atoms with Gasteiger partial charge in [-0.15, -0.1) is 0 Å². The minimum absolute atomic E-state index is 0.265. The summed E-state index contributed by atoms with van der Waals surface area (Å²) in [7, 11) is -1.60. The molecule has 0 fully saturated rings. The van der Waals surface area contributed by atoms with Crippen LogP contribution in [0.2, 0.25) is 16.6 Å². The van der Waals surface area contributed by atoms with E-state index in [4.69, 9.17) is 0 Å². The van der Waals surface area contributed by atoms with Crippen molar-refractivity contribution >= 4 is 13.9 Å². The number of hydrogen-bond acceptors (Lipinski definition) is 1. The lowest BCUT2D eigenvalue weighted by atomic mass is 9.87. The Morgan fingerprint density at radius 1 is 1.14 bits per heavy atom. The van der Waals surface area contributed by atoms with E-state index in [-0.39, 0.29) is 5.78 Å². The molecule has 21 heavy (non-hydrogen) atoms. The molecule has 1 nitrogen and oxygen atoms in total. The van der Waals surface area contributed by atoms with E-state index in [2.05, 4.69) is 60.2 Å². The zero-order valence-corrected chi connectivity index (χ0v) is 16.1. The summed E-state index contributed by atoms with van der Waals surface area (Å²) in [5.74, 6) is 0.699. The van der Waals surface area contributed by atoms with Crippen molar-refractivity contribution in [3.63, 3.8) is 0 Å². The summed E-state index contributed by atoms with van der Waals surface area (Å²) in [5, 5.41) is 0. The Bertz CT molecular complexity index is 394. The number of carbonyl (C=O) groups is 1. The summed E-state index contributed by atoms with van der Waals surface area (Å²) in [6, 6.07) is 0. The monoisotopic (exact) mass is 306 g/mol. The molecule has 0 aromatic rings. The highest BCUT2D eigenvalue weighted by molar-refractivity contribution is 6.88. The van der Waals surface area contributed by atoms with Gasteiger partial charge in [0.15, 0.2) is 5.78 Å². The molecule has 1 atom stereocenters. The highest BCUT2D eigenvalue weighted by atomic mass is 28.3. The normalized spacial score (nSPS) is 20.7. The second kappa shape index (κ2) is 7.58. The number of rotatable bonds is 6. The molecule has 0 aromatic carbocycles. The van der Waals surface area contributed by atoms with E-state index in [1.165, 1.54) is 6.42 Å². The first-order valence-corrected chi connectivity index (χ1v) is 11.0. The third kappa shape index (κ3) is 3.97. The standard InChI is InChI=1S/C19H34OSi/c1-14(2)21(15(3)4,16(5)6)13-12-19(20)18-11-9-8-10-17(18)7/h11-17H,8-10H2,1-7H3/b13-12+. The van der Waals surface area contributed by atoms with Crippen molar-refractivity contribution in [2.75, 3.05) is 0 Å². The fourth-order valence-corrected chi connectivity index (χ4v) is 9.87. The smallest absolute Gasteiger partial charge is 0.181 e. The zero-order valence-electron chi connectivity index (χ0n) is 15.1. The van der Waals surface area contributed by atoms with Gasteiger partial charge in [-0.05, 0) is 53.5 Å². The molecule has 1 aliphatic carbocycles. The third-order valence-corrected chi connectivity index (χ3v) is 12.3. The van der Waals surface area contributed by atoms with E-state index in [0.717, 1.165) is 18.4 Å². The van der Waals surface area contributed by atoms with Gasteiger partial charge < -0.3 is 0 Å². The minimum atomic E-state index is -1.60. The Labute approximate surface area is 132 Å². The maximum atomic E-state index is 12.6. The molecule has 0 aromatic heterocycles. The molecule has 1 rings (SSSR count). The maximum Gasteiger partial charge on any atom is 0.181 e. The van der Waals surface area contributed by atoms with E-state index in [9.17, 15) is 4.79 Å². The molecule has 0 saturated heterocycles. The van der Waals surface area contributed by atoms with Crippen LogP contribution in [0.4, 0.5) is 0 Å². The van der Waals surface area contributed by atoms with Gasteiger partial charge in [0.25, 0.3) is 0 Å². The Hall–Kier alpha value is -0.633. The van der Waals surface area contributed by atoms with Crippen molar-refractivity contribution in [2.45, 2.75) is 84.4 Å². The molecule has 0 radical (unpaired) electrons. The van der Waals surface area contributed by atoms with Crippen LogP contribution < -0.4 is 0 Å². The summed E-state index contributed by atoms with van der Waals surface area (Å²) in [5.41, 5.74) is 5.41. The second-order valence-electron chi connectivity index (χ2n) is 7.65. The highest BCUT2D eigenvalue weighted by Gasteiger charge is 2.40. The van der Waals surface area contributed by atoms with Crippen molar-refractivity contribution in [3.05, 3.63) is 23.4 Å². The van der Waals surface area contributed by atoms with Crippen LogP contribution in [-0.2, 0) is 4.79 Å². The first-order valence-electron chi connectivity index (χ1n) is 8.67. The summed E-state index contributed by atoms with van der Waals surface area (Å²) >= 11 is 0. The zero-order chi connectivity index (χ0) is 16.2. The average Bonchev–Trinajstić information content (AvgIpc) is 2.38. The number of allylic oxidation sites excluding steroid dienone is 3. The fourth-order valence-electron chi connectivity index (χ4n) is 4.28. The molecule has 0 N–H and O–H groups in total. The van der Waals surface area contributed by atoms with Crippen LogP contribution in [0.25, 0.3) is 0 Å². The summed E-state index contributed by atoms with van der Waals surface area (Å²) in [6.07, 6.45) is 7.56. The van der Waals surface area contributed by atoms with Crippen molar-refractivity contribution in [2.24, 2.45) is 5.92 Å². The molecule has 1 unspecified atom stereocenters. The van der Waals surface area contributed by atoms with Gasteiger partial charge in [0.1, 0.15) is 0 Å². The predicted molar refractivity (Wildman–Crippen MR) is 96.3 cm³/mol. The van der Waals surface area contributed by atoms with Gasteiger partial charge >= 0.3 is 0 Å². The summed E-state index contributed by atoms with van der Waals surface area (Å²) in [6.45, 7) is 16.2. The molecule has 120 valence electrons. The van der Waals surface area contributed by atoms with Crippen LogP contribution in [0.1, 0.15) is 67.7 Å². The number of hydrogen-bond donors (Lipinski definition) is 0. The first kappa shape index (κ1) is 18.4. The lowest BCUT2D eigenvalue weighted by molar-refractivity contribution is -0.111.